The first kappa shape index (κ1) is 22.2. The van der Waals surface area contributed by atoms with Gasteiger partial charge in [0, 0.05) is 49.8 Å². The van der Waals surface area contributed by atoms with Gasteiger partial charge in [-0.2, -0.15) is 0 Å². The molecular formula is C26H27N3O5. The molecule has 3 aromatic rings. The lowest BCUT2D eigenvalue weighted by Gasteiger charge is -2.42. The Labute approximate surface area is 196 Å². The summed E-state index contributed by atoms with van der Waals surface area (Å²) in [5, 5.41) is 10.5. The topological polar surface area (TPSA) is 119 Å². The molecule has 0 saturated carbocycles. The number of nitrogens with zero attached hydrogens (tertiary/aromatic N) is 2. The fourth-order valence-electron chi connectivity index (χ4n) is 5.46. The molecule has 3 atom stereocenters. The van der Waals surface area contributed by atoms with Crippen molar-refractivity contribution in [2.45, 2.75) is 37.8 Å². The average molecular weight is 462 g/mol. The van der Waals surface area contributed by atoms with Crippen LogP contribution in [0.3, 0.4) is 0 Å². The molecule has 1 fully saturated rings. The summed E-state index contributed by atoms with van der Waals surface area (Å²) in [4.78, 5) is 38.9. The molecule has 2 bridgehead atoms. The number of rotatable bonds is 6. The minimum atomic E-state index is -0.661. The SMILES string of the molecule is NC(=O)C[C@@H](c1ccccc1)c1oc(CN2C[C@@H]3C[C@H](C2)c2cccc(=O)n2C3)cc(=O)c1O. The molecule has 1 aromatic carbocycles. The summed E-state index contributed by atoms with van der Waals surface area (Å²) in [6.07, 6.45) is 0.933. The van der Waals surface area contributed by atoms with E-state index in [2.05, 4.69) is 4.90 Å². The smallest absolute Gasteiger partial charge is 0.250 e. The van der Waals surface area contributed by atoms with Gasteiger partial charge in [0.15, 0.2) is 5.76 Å². The number of fused-ring (bicyclic) bond motifs is 4. The molecule has 0 radical (unpaired) electrons. The molecule has 8 heteroatoms. The lowest BCUT2D eigenvalue weighted by molar-refractivity contribution is -0.118. The van der Waals surface area contributed by atoms with Gasteiger partial charge in [0.1, 0.15) is 5.76 Å². The van der Waals surface area contributed by atoms with Crippen LogP contribution >= 0.6 is 0 Å². The van der Waals surface area contributed by atoms with Crippen molar-refractivity contribution in [3.05, 3.63) is 98.0 Å². The summed E-state index contributed by atoms with van der Waals surface area (Å²) in [6.45, 7) is 2.59. The van der Waals surface area contributed by atoms with E-state index < -0.39 is 23.0 Å². The van der Waals surface area contributed by atoms with Crippen molar-refractivity contribution < 1.29 is 14.3 Å². The Morgan fingerprint density at radius 2 is 1.88 bits per heavy atom. The van der Waals surface area contributed by atoms with Gasteiger partial charge in [-0.05, 0) is 24.0 Å². The predicted octanol–water partition coefficient (Wildman–Crippen LogP) is 2.13. The molecule has 0 spiro atoms. The lowest BCUT2D eigenvalue weighted by atomic mass is 9.83. The third-order valence-corrected chi connectivity index (χ3v) is 6.86. The maximum absolute atomic E-state index is 12.6. The summed E-state index contributed by atoms with van der Waals surface area (Å²) in [6, 6.07) is 15.8. The summed E-state index contributed by atoms with van der Waals surface area (Å²) in [5.41, 5.74) is 6.74. The van der Waals surface area contributed by atoms with E-state index in [0.29, 0.717) is 24.8 Å². The zero-order valence-electron chi connectivity index (χ0n) is 18.7. The maximum Gasteiger partial charge on any atom is 0.250 e. The molecule has 176 valence electrons. The van der Waals surface area contributed by atoms with E-state index in [9.17, 15) is 19.5 Å². The highest BCUT2D eigenvalue weighted by Crippen LogP contribution is 2.36. The molecular weight excluding hydrogens is 434 g/mol. The van der Waals surface area contributed by atoms with Crippen molar-refractivity contribution in [1.82, 2.24) is 9.47 Å². The number of likely N-dealkylation sites (tertiary alicyclic amines) is 1. The first-order valence-electron chi connectivity index (χ1n) is 11.5. The Morgan fingerprint density at radius 1 is 1.09 bits per heavy atom. The van der Waals surface area contributed by atoms with Gasteiger partial charge in [0.2, 0.25) is 17.1 Å². The van der Waals surface area contributed by atoms with Crippen LogP contribution in [0.5, 0.6) is 5.75 Å². The number of carbonyl (C=O) groups excluding carboxylic acids is 1. The molecule has 34 heavy (non-hydrogen) atoms. The van der Waals surface area contributed by atoms with Gasteiger partial charge in [0.05, 0.1) is 12.5 Å². The number of benzene rings is 1. The van der Waals surface area contributed by atoms with Gasteiger partial charge in [-0.1, -0.05) is 36.4 Å². The second kappa shape index (κ2) is 8.95. The lowest BCUT2D eigenvalue weighted by Crippen LogP contribution is -2.46. The second-order valence-corrected chi connectivity index (χ2v) is 9.32. The third kappa shape index (κ3) is 4.28. The molecule has 5 rings (SSSR count). The van der Waals surface area contributed by atoms with Gasteiger partial charge in [-0.25, -0.2) is 0 Å². The van der Waals surface area contributed by atoms with E-state index in [1.165, 1.54) is 6.07 Å². The van der Waals surface area contributed by atoms with Crippen LogP contribution in [-0.4, -0.2) is 33.6 Å². The zero-order valence-corrected chi connectivity index (χ0v) is 18.7. The highest BCUT2D eigenvalue weighted by Gasteiger charge is 2.35. The van der Waals surface area contributed by atoms with Crippen LogP contribution in [0.2, 0.25) is 0 Å². The number of piperidine rings is 1. The van der Waals surface area contributed by atoms with Gasteiger partial charge < -0.3 is 19.8 Å². The second-order valence-electron chi connectivity index (χ2n) is 9.32. The molecule has 0 unspecified atom stereocenters. The largest absolute Gasteiger partial charge is 0.502 e. The summed E-state index contributed by atoms with van der Waals surface area (Å²) in [7, 11) is 0. The molecule has 2 aromatic heterocycles. The zero-order chi connectivity index (χ0) is 23.8. The van der Waals surface area contributed by atoms with Gasteiger partial charge >= 0.3 is 0 Å². The number of nitrogens with two attached hydrogens (primary N) is 1. The quantitative estimate of drug-likeness (QED) is 0.581. The van der Waals surface area contributed by atoms with Crippen molar-refractivity contribution in [1.29, 1.82) is 0 Å². The molecule has 2 aliphatic heterocycles. The van der Waals surface area contributed by atoms with Crippen molar-refractivity contribution in [2.75, 3.05) is 13.1 Å². The Morgan fingerprint density at radius 3 is 2.65 bits per heavy atom. The number of carbonyl (C=O) groups is 1. The van der Waals surface area contributed by atoms with Crippen LogP contribution in [0.4, 0.5) is 0 Å². The fourth-order valence-corrected chi connectivity index (χ4v) is 5.46. The van der Waals surface area contributed by atoms with Crippen molar-refractivity contribution in [3.8, 4) is 5.75 Å². The molecule has 2 aliphatic rings. The molecule has 3 N–H and O–H groups in total. The Kier molecular flexibility index (Phi) is 5.83. The number of hydrogen-bond donors (Lipinski definition) is 2. The average Bonchev–Trinajstić information content (AvgIpc) is 2.81. The van der Waals surface area contributed by atoms with E-state index in [4.69, 9.17) is 10.2 Å². The predicted molar refractivity (Wildman–Crippen MR) is 126 cm³/mol. The summed E-state index contributed by atoms with van der Waals surface area (Å²) >= 11 is 0. The van der Waals surface area contributed by atoms with E-state index in [1.807, 2.05) is 41.0 Å². The Bertz CT molecular complexity index is 1330. The van der Waals surface area contributed by atoms with E-state index in [-0.39, 0.29) is 23.7 Å². The molecule has 4 heterocycles. The molecule has 1 amide bonds. The number of hydrogen-bond acceptors (Lipinski definition) is 6. The number of aromatic hydroxyl groups is 1. The summed E-state index contributed by atoms with van der Waals surface area (Å²) < 4.78 is 7.94. The van der Waals surface area contributed by atoms with Gasteiger partial charge in [-0.3, -0.25) is 19.3 Å². The highest BCUT2D eigenvalue weighted by molar-refractivity contribution is 5.75. The maximum atomic E-state index is 12.6. The third-order valence-electron chi connectivity index (χ3n) is 6.86. The Hall–Kier alpha value is -3.65. The molecule has 8 nitrogen and oxygen atoms in total. The molecule has 1 saturated heterocycles. The first-order chi connectivity index (χ1) is 16.4. The van der Waals surface area contributed by atoms with Crippen LogP contribution in [0, 0.1) is 5.92 Å². The Balaban J connectivity index is 1.44. The van der Waals surface area contributed by atoms with Crippen LogP contribution < -0.4 is 16.7 Å². The summed E-state index contributed by atoms with van der Waals surface area (Å²) in [5.74, 6) is -0.666. The molecule has 0 aliphatic carbocycles. The fraction of sp³-hybridized carbons (Fsp3) is 0.346. The van der Waals surface area contributed by atoms with Crippen molar-refractivity contribution in [2.24, 2.45) is 11.7 Å². The van der Waals surface area contributed by atoms with Crippen molar-refractivity contribution in [3.63, 3.8) is 0 Å². The highest BCUT2D eigenvalue weighted by atomic mass is 16.4. The minimum Gasteiger partial charge on any atom is -0.502 e. The minimum absolute atomic E-state index is 0.0382. The van der Waals surface area contributed by atoms with Crippen LogP contribution in [0.15, 0.2) is 68.6 Å². The van der Waals surface area contributed by atoms with Crippen LogP contribution in [-0.2, 0) is 17.9 Å². The van der Waals surface area contributed by atoms with E-state index in [1.54, 1.807) is 12.1 Å². The number of pyridine rings is 1. The van der Waals surface area contributed by atoms with E-state index in [0.717, 1.165) is 30.8 Å². The number of amides is 1. The monoisotopic (exact) mass is 461 g/mol. The normalized spacial score (nSPS) is 20.5. The first-order valence-corrected chi connectivity index (χ1v) is 11.5. The van der Waals surface area contributed by atoms with Crippen molar-refractivity contribution >= 4 is 5.91 Å². The van der Waals surface area contributed by atoms with E-state index >= 15 is 0 Å². The number of aromatic nitrogens is 1. The standard InChI is InChI=1S/C26H27N3O5/c27-23(31)11-20(17-5-2-1-3-6-17)26-25(33)22(30)10-19(34-26)15-28-12-16-9-18(14-28)21-7-4-8-24(32)29(21)13-16/h1-8,10,16,18,20,33H,9,11-15H2,(H2,27,31)/t16-,18+,20-/m0/s1. The number of primary amides is 1. The van der Waals surface area contributed by atoms with Gasteiger partial charge in [0.25, 0.3) is 5.56 Å². The van der Waals surface area contributed by atoms with Gasteiger partial charge in [-0.15, -0.1) is 0 Å². The van der Waals surface area contributed by atoms with Crippen LogP contribution in [0.25, 0.3) is 0 Å². The van der Waals surface area contributed by atoms with Crippen LogP contribution in [0.1, 0.15) is 47.5 Å².